The summed E-state index contributed by atoms with van der Waals surface area (Å²) in [6.07, 6.45) is 1.09. The van der Waals surface area contributed by atoms with Gasteiger partial charge in [-0.1, -0.05) is 6.07 Å². The van der Waals surface area contributed by atoms with E-state index in [1.807, 2.05) is 18.2 Å². The van der Waals surface area contributed by atoms with Crippen molar-refractivity contribution in [1.29, 1.82) is 0 Å². The maximum Gasteiger partial charge on any atom is 0.234 e. The van der Waals surface area contributed by atoms with E-state index >= 15 is 0 Å². The largest absolute Gasteiger partial charge is 0.454 e. The maximum atomic E-state index is 12.0. The highest BCUT2D eigenvalue weighted by Gasteiger charge is 2.15. The van der Waals surface area contributed by atoms with Crippen LogP contribution in [0.3, 0.4) is 0 Å². The Morgan fingerprint density at radius 3 is 3.10 bits per heavy atom. The van der Waals surface area contributed by atoms with Gasteiger partial charge in [0.05, 0.1) is 6.54 Å². The first-order chi connectivity index (χ1) is 10.3. The summed E-state index contributed by atoms with van der Waals surface area (Å²) in [6.45, 7) is 5.15. The number of benzene rings is 1. The van der Waals surface area contributed by atoms with Gasteiger partial charge in [-0.3, -0.25) is 9.69 Å². The maximum absolute atomic E-state index is 12.0. The molecule has 1 saturated heterocycles. The van der Waals surface area contributed by atoms with E-state index in [1.54, 1.807) is 0 Å². The molecular formula is C15H21N3O3. The van der Waals surface area contributed by atoms with Crippen LogP contribution in [0.2, 0.25) is 0 Å². The molecule has 0 aliphatic carbocycles. The Morgan fingerprint density at radius 2 is 2.14 bits per heavy atom. The second-order valence-corrected chi connectivity index (χ2v) is 5.34. The van der Waals surface area contributed by atoms with Gasteiger partial charge in [-0.05, 0) is 37.2 Å². The normalized spacial score (nSPS) is 18.3. The molecule has 0 bridgehead atoms. The van der Waals surface area contributed by atoms with Gasteiger partial charge < -0.3 is 20.1 Å². The molecule has 0 spiro atoms. The van der Waals surface area contributed by atoms with Crippen molar-refractivity contribution in [2.45, 2.75) is 13.0 Å². The third-order valence-corrected chi connectivity index (χ3v) is 3.73. The van der Waals surface area contributed by atoms with Crippen molar-refractivity contribution in [2.75, 3.05) is 39.5 Å². The quantitative estimate of drug-likeness (QED) is 0.837. The fraction of sp³-hybridized carbons (Fsp3) is 0.533. The molecule has 21 heavy (non-hydrogen) atoms. The average Bonchev–Trinajstić information content (AvgIpc) is 2.81. The molecule has 114 valence electrons. The van der Waals surface area contributed by atoms with E-state index < -0.39 is 0 Å². The Morgan fingerprint density at radius 1 is 1.24 bits per heavy atom. The number of hydrogen-bond acceptors (Lipinski definition) is 5. The molecule has 3 rings (SSSR count). The van der Waals surface area contributed by atoms with Crippen LogP contribution in [0.1, 0.15) is 12.0 Å². The minimum Gasteiger partial charge on any atom is -0.454 e. The van der Waals surface area contributed by atoms with Crippen LogP contribution in [0.15, 0.2) is 18.2 Å². The summed E-state index contributed by atoms with van der Waals surface area (Å²) in [5.74, 6) is 1.58. The number of amides is 1. The lowest BCUT2D eigenvalue weighted by atomic mass is 10.2. The molecule has 0 atom stereocenters. The monoisotopic (exact) mass is 291 g/mol. The van der Waals surface area contributed by atoms with E-state index in [0.717, 1.165) is 49.7 Å². The SMILES string of the molecule is O=C(CN1CCCNCC1)NCc1ccc2c(c1)OCO2. The minimum absolute atomic E-state index is 0.0644. The van der Waals surface area contributed by atoms with Gasteiger partial charge in [0.1, 0.15) is 0 Å². The van der Waals surface area contributed by atoms with E-state index in [9.17, 15) is 4.79 Å². The Bertz CT molecular complexity index is 499. The molecule has 2 heterocycles. The number of nitrogens with one attached hydrogen (secondary N) is 2. The van der Waals surface area contributed by atoms with Crippen molar-refractivity contribution in [3.63, 3.8) is 0 Å². The van der Waals surface area contributed by atoms with E-state index in [-0.39, 0.29) is 12.7 Å². The van der Waals surface area contributed by atoms with Crippen LogP contribution in [0.4, 0.5) is 0 Å². The van der Waals surface area contributed by atoms with Gasteiger partial charge in [0, 0.05) is 19.6 Å². The second kappa shape index (κ2) is 6.78. The number of carbonyl (C=O) groups is 1. The van der Waals surface area contributed by atoms with Crippen LogP contribution >= 0.6 is 0 Å². The first-order valence-corrected chi connectivity index (χ1v) is 7.39. The van der Waals surface area contributed by atoms with Crippen molar-refractivity contribution in [2.24, 2.45) is 0 Å². The van der Waals surface area contributed by atoms with Crippen LogP contribution in [0.5, 0.6) is 11.5 Å². The molecule has 6 nitrogen and oxygen atoms in total. The summed E-state index contributed by atoms with van der Waals surface area (Å²) in [5, 5.41) is 6.29. The van der Waals surface area contributed by atoms with Gasteiger partial charge in [0.15, 0.2) is 11.5 Å². The number of nitrogens with zero attached hydrogens (tertiary/aromatic N) is 1. The molecule has 0 unspecified atom stereocenters. The summed E-state index contributed by atoms with van der Waals surface area (Å²) < 4.78 is 10.6. The molecule has 0 aromatic heterocycles. The number of rotatable bonds is 4. The first kappa shape index (κ1) is 14.2. The molecule has 1 aromatic carbocycles. The third-order valence-electron chi connectivity index (χ3n) is 3.73. The predicted molar refractivity (Wildman–Crippen MR) is 78.3 cm³/mol. The lowest BCUT2D eigenvalue weighted by molar-refractivity contribution is -0.122. The topological polar surface area (TPSA) is 62.8 Å². The zero-order valence-electron chi connectivity index (χ0n) is 12.1. The Hall–Kier alpha value is -1.79. The van der Waals surface area contributed by atoms with Gasteiger partial charge >= 0.3 is 0 Å². The van der Waals surface area contributed by atoms with E-state index in [2.05, 4.69) is 15.5 Å². The van der Waals surface area contributed by atoms with E-state index in [4.69, 9.17) is 9.47 Å². The standard InChI is InChI=1S/C15H21N3O3/c19-15(10-18-6-1-4-16-5-7-18)17-9-12-2-3-13-14(8-12)21-11-20-13/h2-3,8,16H,1,4-7,9-11H2,(H,17,19). The molecule has 1 amide bonds. The zero-order chi connectivity index (χ0) is 14.5. The van der Waals surface area contributed by atoms with Crippen LogP contribution in [-0.2, 0) is 11.3 Å². The number of hydrogen-bond donors (Lipinski definition) is 2. The fourth-order valence-electron chi connectivity index (χ4n) is 2.57. The van der Waals surface area contributed by atoms with E-state index in [1.165, 1.54) is 0 Å². The molecule has 0 radical (unpaired) electrons. The third kappa shape index (κ3) is 3.86. The van der Waals surface area contributed by atoms with Gasteiger partial charge in [0.2, 0.25) is 12.7 Å². The van der Waals surface area contributed by atoms with Crippen LogP contribution in [0.25, 0.3) is 0 Å². The lowest BCUT2D eigenvalue weighted by Gasteiger charge is -2.18. The zero-order valence-corrected chi connectivity index (χ0v) is 12.1. The smallest absolute Gasteiger partial charge is 0.234 e. The molecule has 2 N–H and O–H groups in total. The Kier molecular flexibility index (Phi) is 4.57. The van der Waals surface area contributed by atoms with Crippen molar-refractivity contribution in [3.05, 3.63) is 23.8 Å². The summed E-state index contributed by atoms with van der Waals surface area (Å²) in [6, 6.07) is 5.74. The highest BCUT2D eigenvalue weighted by molar-refractivity contribution is 5.78. The predicted octanol–water partition coefficient (Wildman–Crippen LogP) is 0.327. The Labute approximate surface area is 124 Å². The first-order valence-electron chi connectivity index (χ1n) is 7.39. The average molecular weight is 291 g/mol. The summed E-state index contributed by atoms with van der Waals surface area (Å²) in [7, 11) is 0. The summed E-state index contributed by atoms with van der Waals surface area (Å²) in [4.78, 5) is 14.2. The van der Waals surface area contributed by atoms with Crippen molar-refractivity contribution >= 4 is 5.91 Å². The molecule has 1 fully saturated rings. The van der Waals surface area contributed by atoms with Crippen molar-refractivity contribution in [1.82, 2.24) is 15.5 Å². The van der Waals surface area contributed by atoms with Crippen molar-refractivity contribution < 1.29 is 14.3 Å². The number of ether oxygens (including phenoxy) is 2. The molecule has 2 aliphatic heterocycles. The van der Waals surface area contributed by atoms with Crippen molar-refractivity contribution in [3.8, 4) is 11.5 Å². The second-order valence-electron chi connectivity index (χ2n) is 5.34. The molecule has 6 heteroatoms. The summed E-state index contributed by atoms with van der Waals surface area (Å²) >= 11 is 0. The molecular weight excluding hydrogens is 270 g/mol. The van der Waals surface area contributed by atoms with Gasteiger partial charge in [-0.25, -0.2) is 0 Å². The van der Waals surface area contributed by atoms with Gasteiger partial charge in [0.25, 0.3) is 0 Å². The minimum atomic E-state index is 0.0644. The summed E-state index contributed by atoms with van der Waals surface area (Å²) in [5.41, 5.74) is 1.02. The van der Waals surface area contributed by atoms with E-state index in [0.29, 0.717) is 13.1 Å². The van der Waals surface area contributed by atoms with Gasteiger partial charge in [-0.15, -0.1) is 0 Å². The molecule has 1 aromatic rings. The van der Waals surface area contributed by atoms with Gasteiger partial charge in [-0.2, -0.15) is 0 Å². The number of carbonyl (C=O) groups excluding carboxylic acids is 1. The van der Waals surface area contributed by atoms with Crippen LogP contribution < -0.4 is 20.1 Å². The van der Waals surface area contributed by atoms with Crippen LogP contribution in [-0.4, -0.2) is 50.3 Å². The molecule has 2 aliphatic rings. The Balaban J connectivity index is 1.47. The lowest BCUT2D eigenvalue weighted by Crippen LogP contribution is -2.38. The highest BCUT2D eigenvalue weighted by atomic mass is 16.7. The van der Waals surface area contributed by atoms with Crippen LogP contribution in [0, 0.1) is 0 Å². The fourth-order valence-corrected chi connectivity index (χ4v) is 2.57. The highest BCUT2D eigenvalue weighted by Crippen LogP contribution is 2.32. The number of fused-ring (bicyclic) bond motifs is 1. The molecule has 0 saturated carbocycles.